The van der Waals surface area contributed by atoms with Crippen LogP contribution in [0.3, 0.4) is 0 Å². The number of amides is 1. The molecule has 1 aromatic heterocycles. The Kier molecular flexibility index (Phi) is 4.85. The van der Waals surface area contributed by atoms with Crippen molar-refractivity contribution in [3.63, 3.8) is 0 Å². The SMILES string of the molecule is Cc1c(N2C(=O)[C@H](C)S[C@@H]2c2ccc(Cl)cc2)c(=O)n(-c2ccccc2)n1C. The fraction of sp³-hybridized carbons (Fsp3) is 0.238. The van der Waals surface area contributed by atoms with Crippen molar-refractivity contribution >= 4 is 35.0 Å². The molecule has 0 N–H and O–H groups in total. The van der Waals surface area contributed by atoms with Gasteiger partial charge in [-0.3, -0.25) is 19.2 Å². The van der Waals surface area contributed by atoms with Gasteiger partial charge in [0.2, 0.25) is 5.91 Å². The Morgan fingerprint density at radius 2 is 1.64 bits per heavy atom. The highest BCUT2D eigenvalue weighted by Crippen LogP contribution is 2.45. The number of carbonyl (C=O) groups excluding carboxylic acids is 1. The highest BCUT2D eigenvalue weighted by molar-refractivity contribution is 8.01. The van der Waals surface area contributed by atoms with Gasteiger partial charge in [-0.15, -0.1) is 11.8 Å². The molecule has 28 heavy (non-hydrogen) atoms. The lowest BCUT2D eigenvalue weighted by Gasteiger charge is -2.23. The minimum atomic E-state index is -0.266. The number of hydrogen-bond donors (Lipinski definition) is 0. The summed E-state index contributed by atoms with van der Waals surface area (Å²) in [4.78, 5) is 28.1. The molecule has 0 unspecified atom stereocenters. The first kappa shape index (κ1) is 18.9. The van der Waals surface area contributed by atoms with Gasteiger partial charge in [-0.1, -0.05) is 41.9 Å². The predicted molar refractivity (Wildman–Crippen MR) is 114 cm³/mol. The predicted octanol–water partition coefficient (Wildman–Crippen LogP) is 4.30. The van der Waals surface area contributed by atoms with E-state index in [-0.39, 0.29) is 22.1 Å². The van der Waals surface area contributed by atoms with Crippen LogP contribution in [0.1, 0.15) is 23.6 Å². The van der Waals surface area contributed by atoms with E-state index in [1.165, 1.54) is 11.8 Å². The highest BCUT2D eigenvalue weighted by Gasteiger charge is 2.42. The summed E-state index contributed by atoms with van der Waals surface area (Å²) in [7, 11) is 1.83. The molecule has 144 valence electrons. The second-order valence-corrected chi connectivity index (χ2v) is 8.66. The number of carbonyl (C=O) groups is 1. The fourth-order valence-electron chi connectivity index (χ4n) is 3.54. The summed E-state index contributed by atoms with van der Waals surface area (Å²) < 4.78 is 3.40. The van der Waals surface area contributed by atoms with E-state index in [2.05, 4.69) is 0 Å². The molecule has 1 aliphatic heterocycles. The van der Waals surface area contributed by atoms with Crippen LogP contribution >= 0.6 is 23.4 Å². The Labute approximate surface area is 172 Å². The molecule has 0 saturated carbocycles. The molecule has 0 aliphatic carbocycles. The minimum Gasteiger partial charge on any atom is -0.288 e. The molecule has 5 nitrogen and oxygen atoms in total. The number of halogens is 1. The molecule has 1 fully saturated rings. The largest absolute Gasteiger partial charge is 0.295 e. The molecular weight excluding hydrogens is 394 g/mol. The summed E-state index contributed by atoms with van der Waals surface area (Å²) in [6.45, 7) is 3.75. The molecule has 2 aromatic carbocycles. The van der Waals surface area contributed by atoms with Crippen LogP contribution in [0.5, 0.6) is 0 Å². The Morgan fingerprint density at radius 1 is 1.00 bits per heavy atom. The van der Waals surface area contributed by atoms with E-state index in [0.717, 1.165) is 16.9 Å². The Balaban J connectivity index is 1.88. The normalized spacial score (nSPS) is 19.4. The number of para-hydroxylation sites is 1. The lowest BCUT2D eigenvalue weighted by atomic mass is 10.2. The van der Waals surface area contributed by atoms with Crippen LogP contribution < -0.4 is 10.5 Å². The van der Waals surface area contributed by atoms with Gasteiger partial charge in [0.25, 0.3) is 5.56 Å². The minimum absolute atomic E-state index is 0.0593. The molecule has 2 atom stereocenters. The molecule has 1 amide bonds. The zero-order valence-corrected chi connectivity index (χ0v) is 17.4. The van der Waals surface area contributed by atoms with Crippen molar-refractivity contribution in [1.82, 2.24) is 9.36 Å². The van der Waals surface area contributed by atoms with Gasteiger partial charge in [-0.2, -0.15) is 0 Å². The smallest absolute Gasteiger partial charge is 0.288 e. The Hall–Kier alpha value is -2.44. The molecule has 0 radical (unpaired) electrons. The summed E-state index contributed by atoms with van der Waals surface area (Å²) in [5, 5.41) is 0.141. The van der Waals surface area contributed by atoms with Crippen LogP contribution in [0, 0.1) is 6.92 Å². The number of hydrogen-bond acceptors (Lipinski definition) is 3. The number of anilines is 1. The maximum Gasteiger partial charge on any atom is 0.295 e. The molecule has 0 spiro atoms. The number of benzene rings is 2. The van der Waals surface area contributed by atoms with Crippen molar-refractivity contribution in [1.29, 1.82) is 0 Å². The topological polar surface area (TPSA) is 47.2 Å². The maximum absolute atomic E-state index is 13.4. The first-order chi connectivity index (χ1) is 13.4. The monoisotopic (exact) mass is 413 g/mol. The van der Waals surface area contributed by atoms with E-state index in [4.69, 9.17) is 11.6 Å². The number of nitrogens with zero attached hydrogens (tertiary/aromatic N) is 3. The summed E-state index contributed by atoms with van der Waals surface area (Å²) >= 11 is 7.57. The first-order valence-electron chi connectivity index (χ1n) is 8.98. The number of thioether (sulfide) groups is 1. The van der Waals surface area contributed by atoms with E-state index in [9.17, 15) is 9.59 Å². The van der Waals surface area contributed by atoms with Gasteiger partial charge >= 0.3 is 0 Å². The van der Waals surface area contributed by atoms with Crippen molar-refractivity contribution in [2.45, 2.75) is 24.5 Å². The summed E-state index contributed by atoms with van der Waals surface area (Å²) in [5.74, 6) is -0.0593. The van der Waals surface area contributed by atoms with Crippen molar-refractivity contribution in [2.24, 2.45) is 7.05 Å². The second kappa shape index (κ2) is 7.18. The van der Waals surface area contributed by atoms with Gasteiger partial charge in [-0.25, -0.2) is 4.68 Å². The quantitative estimate of drug-likeness (QED) is 0.643. The molecule has 7 heteroatoms. The average Bonchev–Trinajstić information content (AvgIpc) is 3.09. The number of aromatic nitrogens is 2. The van der Waals surface area contributed by atoms with E-state index in [1.807, 2.05) is 75.5 Å². The summed E-state index contributed by atoms with van der Waals surface area (Å²) in [5.41, 5.74) is 2.68. The van der Waals surface area contributed by atoms with Gasteiger partial charge < -0.3 is 0 Å². The van der Waals surface area contributed by atoms with Crippen LogP contribution in [0.2, 0.25) is 5.02 Å². The zero-order valence-electron chi connectivity index (χ0n) is 15.8. The van der Waals surface area contributed by atoms with Gasteiger partial charge in [-0.05, 0) is 43.7 Å². The van der Waals surface area contributed by atoms with E-state index >= 15 is 0 Å². The molecule has 1 saturated heterocycles. The molecule has 0 bridgehead atoms. The molecule has 1 aliphatic rings. The van der Waals surface area contributed by atoms with Crippen molar-refractivity contribution < 1.29 is 4.79 Å². The maximum atomic E-state index is 13.4. The van der Waals surface area contributed by atoms with E-state index in [0.29, 0.717) is 10.7 Å². The van der Waals surface area contributed by atoms with Gasteiger partial charge in [0, 0.05) is 12.1 Å². The van der Waals surface area contributed by atoms with Gasteiger partial charge in [0.1, 0.15) is 11.1 Å². The van der Waals surface area contributed by atoms with E-state index in [1.54, 1.807) is 14.3 Å². The lowest BCUT2D eigenvalue weighted by molar-refractivity contribution is -0.117. The van der Waals surface area contributed by atoms with Crippen molar-refractivity contribution in [2.75, 3.05) is 4.90 Å². The van der Waals surface area contributed by atoms with Crippen LogP contribution in [0.15, 0.2) is 59.4 Å². The zero-order chi connectivity index (χ0) is 20.0. The Morgan fingerprint density at radius 3 is 2.29 bits per heavy atom. The standard InChI is InChI=1S/C21H20ClN3O2S/c1-13-18(20(27)25(23(13)3)17-7-5-4-6-8-17)24-19(26)14(2)28-21(24)15-9-11-16(22)12-10-15/h4-12,14,21H,1-3H3/t14-,21+/m0/s1. The van der Waals surface area contributed by atoms with Crippen LogP contribution in [0.4, 0.5) is 5.69 Å². The average molecular weight is 414 g/mol. The third-order valence-electron chi connectivity index (χ3n) is 5.07. The third-order valence-corrected chi connectivity index (χ3v) is 6.68. The van der Waals surface area contributed by atoms with Crippen LogP contribution in [-0.2, 0) is 11.8 Å². The van der Waals surface area contributed by atoms with Gasteiger partial charge in [0.15, 0.2) is 0 Å². The van der Waals surface area contributed by atoms with Crippen LogP contribution in [0.25, 0.3) is 5.69 Å². The summed E-state index contributed by atoms with van der Waals surface area (Å²) in [6, 6.07) is 16.9. The van der Waals surface area contributed by atoms with E-state index < -0.39 is 0 Å². The number of rotatable bonds is 3. The molecule has 3 aromatic rings. The molecule has 2 heterocycles. The highest BCUT2D eigenvalue weighted by atomic mass is 35.5. The fourth-order valence-corrected chi connectivity index (χ4v) is 4.93. The molecule has 4 rings (SSSR count). The second-order valence-electron chi connectivity index (χ2n) is 6.80. The van der Waals surface area contributed by atoms with Crippen molar-refractivity contribution in [3.05, 3.63) is 81.2 Å². The Bertz CT molecular complexity index is 1090. The first-order valence-corrected chi connectivity index (χ1v) is 10.3. The molecular formula is C21H20ClN3O2S. The van der Waals surface area contributed by atoms with Gasteiger partial charge in [0.05, 0.1) is 16.6 Å². The third kappa shape index (κ3) is 2.97. The van der Waals surface area contributed by atoms with Crippen molar-refractivity contribution in [3.8, 4) is 5.69 Å². The lowest BCUT2D eigenvalue weighted by Crippen LogP contribution is -2.34. The van der Waals surface area contributed by atoms with Crippen LogP contribution in [-0.4, -0.2) is 20.5 Å². The summed E-state index contributed by atoms with van der Waals surface area (Å²) in [6.07, 6.45) is 0.